The average Bonchev–Trinajstić information content (AvgIpc) is 3.04. The summed E-state index contributed by atoms with van der Waals surface area (Å²) in [5, 5.41) is 6.45. The third kappa shape index (κ3) is 6.76. The van der Waals surface area contributed by atoms with Crippen LogP contribution in [0.5, 0.6) is 0 Å². The summed E-state index contributed by atoms with van der Waals surface area (Å²) in [5.41, 5.74) is 2.24. The van der Waals surface area contributed by atoms with E-state index in [-0.39, 0.29) is 23.7 Å². The Kier molecular flexibility index (Phi) is 7.70. The minimum atomic E-state index is -2.91. The van der Waals surface area contributed by atoms with E-state index in [4.69, 9.17) is 9.47 Å². The Bertz CT molecular complexity index is 760. The van der Waals surface area contributed by atoms with Crippen molar-refractivity contribution < 1.29 is 17.9 Å². The van der Waals surface area contributed by atoms with Crippen LogP contribution < -0.4 is 10.6 Å². The largest absolute Gasteiger partial charge is 0.381 e. The van der Waals surface area contributed by atoms with E-state index in [2.05, 4.69) is 27.8 Å². The molecule has 2 fully saturated rings. The fraction of sp³-hybridized carbons (Fsp3) is 0.650. The molecule has 2 aliphatic heterocycles. The molecule has 1 aromatic carbocycles. The molecule has 0 radical (unpaired) electrons. The third-order valence-electron chi connectivity index (χ3n) is 4.98. The molecule has 1 unspecified atom stereocenters. The summed E-state index contributed by atoms with van der Waals surface area (Å²) in [6.45, 7) is 5.41. The molecule has 2 N–H and O–H groups in total. The number of hydrogen-bond acceptors (Lipinski definition) is 5. The number of sulfone groups is 1. The van der Waals surface area contributed by atoms with Crippen LogP contribution in [0.3, 0.4) is 0 Å². The van der Waals surface area contributed by atoms with Gasteiger partial charge in [-0.15, -0.1) is 0 Å². The molecule has 0 saturated carbocycles. The molecule has 2 heterocycles. The molecule has 156 valence electrons. The van der Waals surface area contributed by atoms with Gasteiger partial charge in [-0.1, -0.05) is 24.3 Å². The maximum absolute atomic E-state index is 11.7. The molecule has 0 spiro atoms. The highest BCUT2D eigenvalue weighted by atomic mass is 32.2. The number of nitrogens with zero attached hydrogens (tertiary/aromatic N) is 1. The number of hydrogen-bond donors (Lipinski definition) is 2. The average molecular weight is 410 g/mol. The number of nitrogens with one attached hydrogen (secondary N) is 2. The van der Waals surface area contributed by atoms with Gasteiger partial charge in [0.25, 0.3) is 0 Å². The standard InChI is InChI=1S/C20H31N3O4S/c1-2-21-20(23-18-8-11-28(24,25)15-18)22-13-16-4-3-5-17(12-16)14-27-19-6-9-26-10-7-19/h3-5,12,18-19H,2,6-11,13-15H2,1H3,(H2,21,22,23). The highest BCUT2D eigenvalue weighted by molar-refractivity contribution is 7.91. The molecule has 0 aliphatic carbocycles. The van der Waals surface area contributed by atoms with Gasteiger partial charge in [-0.2, -0.15) is 0 Å². The summed E-state index contributed by atoms with van der Waals surface area (Å²) in [6.07, 6.45) is 2.82. The molecular weight excluding hydrogens is 378 g/mol. The van der Waals surface area contributed by atoms with E-state index < -0.39 is 9.84 Å². The quantitative estimate of drug-likeness (QED) is 0.526. The zero-order chi connectivity index (χ0) is 19.8. The van der Waals surface area contributed by atoms with Crippen LogP contribution in [0.2, 0.25) is 0 Å². The molecule has 2 saturated heterocycles. The second kappa shape index (κ2) is 10.2. The highest BCUT2D eigenvalue weighted by Crippen LogP contribution is 2.15. The van der Waals surface area contributed by atoms with Gasteiger partial charge in [-0.25, -0.2) is 13.4 Å². The lowest BCUT2D eigenvalue weighted by atomic mass is 10.1. The van der Waals surface area contributed by atoms with Crippen molar-refractivity contribution in [2.24, 2.45) is 4.99 Å². The predicted octanol–water partition coefficient (Wildman–Crippen LogP) is 1.62. The van der Waals surface area contributed by atoms with Crippen molar-refractivity contribution in [3.8, 4) is 0 Å². The Balaban J connectivity index is 1.54. The van der Waals surface area contributed by atoms with E-state index in [9.17, 15) is 8.42 Å². The summed E-state index contributed by atoms with van der Waals surface area (Å²) in [7, 11) is -2.91. The van der Waals surface area contributed by atoms with Gasteiger partial charge in [0, 0.05) is 25.8 Å². The van der Waals surface area contributed by atoms with Gasteiger partial charge in [0.2, 0.25) is 0 Å². The summed E-state index contributed by atoms with van der Waals surface area (Å²) in [6, 6.07) is 8.19. The second-order valence-electron chi connectivity index (χ2n) is 7.38. The highest BCUT2D eigenvalue weighted by Gasteiger charge is 2.28. The maximum atomic E-state index is 11.7. The van der Waals surface area contributed by atoms with Crippen LogP contribution in [-0.2, 0) is 32.5 Å². The first kappa shape index (κ1) is 21.1. The number of benzene rings is 1. The molecule has 7 nitrogen and oxygen atoms in total. The number of rotatable bonds is 7. The third-order valence-corrected chi connectivity index (χ3v) is 6.75. The first-order valence-corrected chi connectivity index (χ1v) is 11.9. The normalized spacial score (nSPS) is 22.9. The molecule has 28 heavy (non-hydrogen) atoms. The predicted molar refractivity (Wildman–Crippen MR) is 110 cm³/mol. The minimum Gasteiger partial charge on any atom is -0.381 e. The van der Waals surface area contributed by atoms with Crippen LogP contribution >= 0.6 is 0 Å². The summed E-state index contributed by atoms with van der Waals surface area (Å²) in [4.78, 5) is 4.63. The zero-order valence-electron chi connectivity index (χ0n) is 16.5. The fourth-order valence-electron chi connectivity index (χ4n) is 3.47. The SMILES string of the molecule is CCNC(=NCc1cccc(COC2CCOCC2)c1)NC1CCS(=O)(=O)C1. The van der Waals surface area contributed by atoms with E-state index in [1.807, 2.05) is 19.1 Å². The van der Waals surface area contributed by atoms with Gasteiger partial charge in [0.1, 0.15) is 0 Å². The molecule has 1 atom stereocenters. The van der Waals surface area contributed by atoms with Crippen molar-refractivity contribution in [3.05, 3.63) is 35.4 Å². The van der Waals surface area contributed by atoms with Gasteiger partial charge in [0.15, 0.2) is 15.8 Å². The van der Waals surface area contributed by atoms with Crippen LogP contribution in [-0.4, -0.2) is 57.8 Å². The fourth-order valence-corrected chi connectivity index (χ4v) is 5.14. The van der Waals surface area contributed by atoms with Gasteiger partial charge >= 0.3 is 0 Å². The van der Waals surface area contributed by atoms with E-state index in [0.717, 1.165) is 43.7 Å². The van der Waals surface area contributed by atoms with E-state index in [1.54, 1.807) is 0 Å². The molecule has 0 amide bonds. The van der Waals surface area contributed by atoms with Crippen molar-refractivity contribution in [1.82, 2.24) is 10.6 Å². The molecule has 0 aromatic heterocycles. The Morgan fingerprint density at radius 2 is 2.04 bits per heavy atom. The van der Waals surface area contributed by atoms with Crippen molar-refractivity contribution in [2.75, 3.05) is 31.3 Å². The smallest absolute Gasteiger partial charge is 0.191 e. The van der Waals surface area contributed by atoms with Crippen molar-refractivity contribution in [1.29, 1.82) is 0 Å². The lowest BCUT2D eigenvalue weighted by molar-refractivity contribution is -0.0390. The topological polar surface area (TPSA) is 89.0 Å². The summed E-state index contributed by atoms with van der Waals surface area (Å²) < 4.78 is 34.7. The second-order valence-corrected chi connectivity index (χ2v) is 9.61. The monoisotopic (exact) mass is 409 g/mol. The van der Waals surface area contributed by atoms with Gasteiger partial charge in [-0.05, 0) is 37.3 Å². The first-order chi connectivity index (χ1) is 13.5. The van der Waals surface area contributed by atoms with E-state index in [1.165, 1.54) is 0 Å². The van der Waals surface area contributed by atoms with Crippen LogP contribution in [0.1, 0.15) is 37.3 Å². The van der Waals surface area contributed by atoms with Crippen LogP contribution in [0, 0.1) is 0 Å². The Hall–Kier alpha value is -1.64. The maximum Gasteiger partial charge on any atom is 0.191 e. The molecule has 0 bridgehead atoms. The number of aliphatic imine (C=N–C) groups is 1. The summed E-state index contributed by atoms with van der Waals surface area (Å²) in [5.74, 6) is 1.09. The summed E-state index contributed by atoms with van der Waals surface area (Å²) >= 11 is 0. The Labute approximate surface area is 167 Å². The van der Waals surface area contributed by atoms with E-state index in [0.29, 0.717) is 25.5 Å². The van der Waals surface area contributed by atoms with Crippen LogP contribution in [0.4, 0.5) is 0 Å². The minimum absolute atomic E-state index is 0.0676. The molecule has 2 aliphatic rings. The van der Waals surface area contributed by atoms with Crippen LogP contribution in [0.25, 0.3) is 0 Å². The lowest BCUT2D eigenvalue weighted by Crippen LogP contribution is -2.44. The van der Waals surface area contributed by atoms with Crippen molar-refractivity contribution in [3.63, 3.8) is 0 Å². The zero-order valence-corrected chi connectivity index (χ0v) is 17.3. The number of guanidine groups is 1. The van der Waals surface area contributed by atoms with E-state index >= 15 is 0 Å². The first-order valence-electron chi connectivity index (χ1n) is 10.1. The Morgan fingerprint density at radius 1 is 1.25 bits per heavy atom. The van der Waals surface area contributed by atoms with Crippen molar-refractivity contribution in [2.45, 2.75) is 51.5 Å². The molecule has 3 rings (SSSR count). The molecular formula is C20H31N3O4S. The molecule has 1 aromatic rings. The lowest BCUT2D eigenvalue weighted by Gasteiger charge is -2.22. The van der Waals surface area contributed by atoms with Gasteiger partial charge in [0.05, 0.1) is 30.8 Å². The van der Waals surface area contributed by atoms with Gasteiger partial charge in [-0.3, -0.25) is 0 Å². The number of ether oxygens (including phenoxy) is 2. The van der Waals surface area contributed by atoms with Crippen LogP contribution in [0.15, 0.2) is 29.3 Å². The molecule has 8 heteroatoms. The van der Waals surface area contributed by atoms with Gasteiger partial charge < -0.3 is 20.1 Å². The van der Waals surface area contributed by atoms with Crippen molar-refractivity contribution >= 4 is 15.8 Å². The Morgan fingerprint density at radius 3 is 2.75 bits per heavy atom.